The molecule has 0 fully saturated rings. The summed E-state index contributed by atoms with van der Waals surface area (Å²) in [7, 11) is 1.36. The number of nitrogens with one attached hydrogen (secondary N) is 1. The number of benzene rings is 2. The predicted molar refractivity (Wildman–Crippen MR) is 81.2 cm³/mol. The number of hydrogen-bond donors (Lipinski definition) is 2. The van der Waals surface area contributed by atoms with Gasteiger partial charge in [0.1, 0.15) is 11.8 Å². The standard InChI is InChI=1S/C16H16ClNO3/c1-21-16(20)15(12-5-3-2-4-6-12)18-10-11-7-8-14(19)13(17)9-11/h2-9,15,18-19H,10H2,1H3. The van der Waals surface area contributed by atoms with Crippen molar-refractivity contribution in [1.82, 2.24) is 5.32 Å². The molecule has 2 aromatic rings. The normalized spacial score (nSPS) is 11.9. The van der Waals surface area contributed by atoms with Gasteiger partial charge < -0.3 is 9.84 Å². The fraction of sp³-hybridized carbons (Fsp3) is 0.188. The lowest BCUT2D eigenvalue weighted by atomic mass is 10.1. The number of aromatic hydroxyl groups is 1. The maximum atomic E-state index is 11.9. The van der Waals surface area contributed by atoms with Crippen molar-refractivity contribution < 1.29 is 14.6 Å². The molecule has 2 aromatic carbocycles. The van der Waals surface area contributed by atoms with Gasteiger partial charge in [-0.2, -0.15) is 0 Å². The first kappa shape index (κ1) is 15.4. The number of carbonyl (C=O) groups is 1. The Balaban J connectivity index is 2.12. The maximum absolute atomic E-state index is 11.9. The third-order valence-corrected chi connectivity index (χ3v) is 3.39. The molecule has 21 heavy (non-hydrogen) atoms. The molecule has 2 N–H and O–H groups in total. The lowest BCUT2D eigenvalue weighted by Crippen LogP contribution is -2.29. The van der Waals surface area contributed by atoms with Gasteiger partial charge in [-0.05, 0) is 23.3 Å². The minimum Gasteiger partial charge on any atom is -0.506 e. The molecule has 0 aliphatic heterocycles. The molecule has 0 amide bonds. The lowest BCUT2D eigenvalue weighted by Gasteiger charge is -2.17. The van der Waals surface area contributed by atoms with E-state index in [2.05, 4.69) is 5.32 Å². The summed E-state index contributed by atoms with van der Waals surface area (Å²) >= 11 is 5.87. The molecule has 0 radical (unpaired) electrons. The van der Waals surface area contributed by atoms with Crippen molar-refractivity contribution in [1.29, 1.82) is 0 Å². The SMILES string of the molecule is COC(=O)C(NCc1ccc(O)c(Cl)c1)c1ccccc1. The molecular formula is C16H16ClNO3. The van der Waals surface area contributed by atoms with Gasteiger partial charge in [0.25, 0.3) is 0 Å². The van der Waals surface area contributed by atoms with Crippen LogP contribution in [0.5, 0.6) is 5.75 Å². The van der Waals surface area contributed by atoms with Crippen LogP contribution in [0, 0.1) is 0 Å². The van der Waals surface area contributed by atoms with E-state index < -0.39 is 6.04 Å². The van der Waals surface area contributed by atoms with E-state index in [0.717, 1.165) is 11.1 Å². The van der Waals surface area contributed by atoms with Crippen molar-refractivity contribution in [2.24, 2.45) is 0 Å². The Labute approximate surface area is 128 Å². The summed E-state index contributed by atoms with van der Waals surface area (Å²) in [5.41, 5.74) is 1.69. The topological polar surface area (TPSA) is 58.6 Å². The highest BCUT2D eigenvalue weighted by Crippen LogP contribution is 2.24. The largest absolute Gasteiger partial charge is 0.506 e. The predicted octanol–water partition coefficient (Wildman–Crippen LogP) is 3.05. The minimum atomic E-state index is -0.552. The van der Waals surface area contributed by atoms with Crippen LogP contribution in [0.25, 0.3) is 0 Å². The summed E-state index contributed by atoms with van der Waals surface area (Å²) in [5, 5.41) is 12.8. The van der Waals surface area contributed by atoms with Gasteiger partial charge in [-0.25, -0.2) is 4.79 Å². The summed E-state index contributed by atoms with van der Waals surface area (Å²) in [4.78, 5) is 11.9. The second-order valence-corrected chi connectivity index (χ2v) is 4.94. The van der Waals surface area contributed by atoms with E-state index in [4.69, 9.17) is 16.3 Å². The van der Waals surface area contributed by atoms with Crippen LogP contribution in [0.3, 0.4) is 0 Å². The van der Waals surface area contributed by atoms with Gasteiger partial charge in [-0.15, -0.1) is 0 Å². The molecule has 0 bridgehead atoms. The Bertz CT molecular complexity index is 616. The number of halogens is 1. The van der Waals surface area contributed by atoms with Gasteiger partial charge in [0.2, 0.25) is 0 Å². The fourth-order valence-electron chi connectivity index (χ4n) is 1.98. The second kappa shape index (κ2) is 7.11. The number of esters is 1. The fourth-order valence-corrected chi connectivity index (χ4v) is 2.18. The molecule has 0 heterocycles. The average molecular weight is 306 g/mol. The molecule has 4 nitrogen and oxygen atoms in total. The summed E-state index contributed by atoms with van der Waals surface area (Å²) in [6.07, 6.45) is 0. The van der Waals surface area contributed by atoms with Crippen LogP contribution >= 0.6 is 11.6 Å². The van der Waals surface area contributed by atoms with E-state index in [9.17, 15) is 9.90 Å². The van der Waals surface area contributed by atoms with Crippen LogP contribution in [-0.2, 0) is 16.1 Å². The number of phenols is 1. The van der Waals surface area contributed by atoms with E-state index in [-0.39, 0.29) is 16.7 Å². The van der Waals surface area contributed by atoms with Crippen LogP contribution in [0.1, 0.15) is 17.2 Å². The van der Waals surface area contributed by atoms with Crippen LogP contribution in [0.2, 0.25) is 5.02 Å². The monoisotopic (exact) mass is 305 g/mol. The van der Waals surface area contributed by atoms with E-state index in [1.54, 1.807) is 12.1 Å². The summed E-state index contributed by atoms with van der Waals surface area (Å²) in [6.45, 7) is 0.425. The van der Waals surface area contributed by atoms with Gasteiger partial charge in [-0.1, -0.05) is 48.0 Å². The number of rotatable bonds is 5. The van der Waals surface area contributed by atoms with Crippen LogP contribution < -0.4 is 5.32 Å². The Kier molecular flexibility index (Phi) is 5.20. The molecule has 1 unspecified atom stereocenters. The highest BCUT2D eigenvalue weighted by atomic mass is 35.5. The van der Waals surface area contributed by atoms with Crippen molar-refractivity contribution in [3.8, 4) is 5.75 Å². The molecule has 1 atom stereocenters. The number of phenolic OH excluding ortho intramolecular Hbond substituents is 1. The van der Waals surface area contributed by atoms with Gasteiger partial charge >= 0.3 is 5.97 Å². The van der Waals surface area contributed by atoms with Gasteiger partial charge in [0, 0.05) is 6.54 Å². The lowest BCUT2D eigenvalue weighted by molar-refractivity contribution is -0.143. The zero-order valence-corrected chi connectivity index (χ0v) is 12.3. The molecule has 0 aromatic heterocycles. The minimum absolute atomic E-state index is 0.0352. The number of carbonyl (C=O) groups excluding carboxylic acids is 1. The maximum Gasteiger partial charge on any atom is 0.327 e. The van der Waals surface area contributed by atoms with Crippen LogP contribution in [0.4, 0.5) is 0 Å². The number of hydrogen-bond acceptors (Lipinski definition) is 4. The van der Waals surface area contributed by atoms with Gasteiger partial charge in [0.15, 0.2) is 0 Å². The van der Waals surface area contributed by atoms with Crippen molar-refractivity contribution in [2.45, 2.75) is 12.6 Å². The Hall–Kier alpha value is -2.04. The third-order valence-electron chi connectivity index (χ3n) is 3.09. The smallest absolute Gasteiger partial charge is 0.327 e. The van der Waals surface area contributed by atoms with Crippen molar-refractivity contribution in [2.75, 3.05) is 7.11 Å². The first-order valence-electron chi connectivity index (χ1n) is 6.45. The van der Waals surface area contributed by atoms with E-state index >= 15 is 0 Å². The summed E-state index contributed by atoms with van der Waals surface area (Å²) in [6, 6.07) is 13.7. The molecule has 0 spiro atoms. The zero-order chi connectivity index (χ0) is 15.2. The second-order valence-electron chi connectivity index (χ2n) is 4.53. The molecule has 2 rings (SSSR count). The van der Waals surface area contributed by atoms with Gasteiger partial charge in [-0.3, -0.25) is 5.32 Å². The summed E-state index contributed by atoms with van der Waals surface area (Å²) < 4.78 is 4.83. The highest BCUT2D eigenvalue weighted by Gasteiger charge is 2.20. The van der Waals surface area contributed by atoms with Gasteiger partial charge in [0.05, 0.1) is 12.1 Å². The third kappa shape index (κ3) is 3.97. The van der Waals surface area contributed by atoms with Crippen LogP contribution in [-0.4, -0.2) is 18.2 Å². The molecule has 0 saturated carbocycles. The zero-order valence-electron chi connectivity index (χ0n) is 11.5. The Morgan fingerprint density at radius 3 is 2.62 bits per heavy atom. The Morgan fingerprint density at radius 1 is 1.29 bits per heavy atom. The molecule has 0 saturated heterocycles. The molecular weight excluding hydrogens is 290 g/mol. The summed E-state index contributed by atoms with van der Waals surface area (Å²) in [5.74, 6) is -0.320. The quantitative estimate of drug-likeness (QED) is 0.834. The molecule has 5 heteroatoms. The van der Waals surface area contributed by atoms with E-state index in [0.29, 0.717) is 6.54 Å². The highest BCUT2D eigenvalue weighted by molar-refractivity contribution is 6.32. The van der Waals surface area contributed by atoms with E-state index in [1.165, 1.54) is 13.2 Å². The first-order valence-corrected chi connectivity index (χ1v) is 6.83. The first-order chi connectivity index (χ1) is 10.1. The average Bonchev–Trinajstić information content (AvgIpc) is 2.51. The van der Waals surface area contributed by atoms with Crippen molar-refractivity contribution in [3.05, 3.63) is 64.7 Å². The van der Waals surface area contributed by atoms with Crippen LogP contribution in [0.15, 0.2) is 48.5 Å². The van der Waals surface area contributed by atoms with Crippen molar-refractivity contribution >= 4 is 17.6 Å². The molecule has 0 aliphatic rings. The number of ether oxygens (including phenoxy) is 1. The Morgan fingerprint density at radius 2 is 2.00 bits per heavy atom. The van der Waals surface area contributed by atoms with Crippen molar-refractivity contribution in [3.63, 3.8) is 0 Å². The van der Waals surface area contributed by atoms with E-state index in [1.807, 2.05) is 30.3 Å². The molecule has 0 aliphatic carbocycles. The molecule has 110 valence electrons. The number of methoxy groups -OCH3 is 1.